The Kier molecular flexibility index (Phi) is 4.43. The van der Waals surface area contributed by atoms with Crippen LogP contribution in [0.2, 0.25) is 0 Å². The Morgan fingerprint density at radius 3 is 2.50 bits per heavy atom. The van der Waals surface area contributed by atoms with Crippen LogP contribution in [0.1, 0.15) is 25.7 Å². The quantitative estimate of drug-likeness (QED) is 0.504. The van der Waals surface area contributed by atoms with E-state index in [9.17, 15) is 9.59 Å². The number of methoxy groups -OCH3 is 1. The fourth-order valence-corrected chi connectivity index (χ4v) is 1.91. The van der Waals surface area contributed by atoms with Crippen molar-refractivity contribution in [2.75, 3.05) is 13.7 Å². The molecular formula is C10H16O4. The van der Waals surface area contributed by atoms with Gasteiger partial charge >= 0.3 is 5.97 Å². The Morgan fingerprint density at radius 1 is 1.36 bits per heavy atom. The van der Waals surface area contributed by atoms with E-state index in [1.807, 2.05) is 0 Å². The van der Waals surface area contributed by atoms with Gasteiger partial charge in [-0.05, 0) is 31.6 Å². The molecule has 0 bridgehead atoms. The summed E-state index contributed by atoms with van der Waals surface area (Å²) in [7, 11) is 1.42. The Bertz CT molecular complexity index is 194. The van der Waals surface area contributed by atoms with Crippen LogP contribution in [0.4, 0.5) is 0 Å². The summed E-state index contributed by atoms with van der Waals surface area (Å²) in [6, 6.07) is 0. The highest BCUT2D eigenvalue weighted by atomic mass is 16.5. The van der Waals surface area contributed by atoms with E-state index in [0.29, 0.717) is 19.0 Å². The van der Waals surface area contributed by atoms with Crippen molar-refractivity contribution >= 4 is 12.4 Å². The first-order valence-corrected chi connectivity index (χ1v) is 4.91. The summed E-state index contributed by atoms with van der Waals surface area (Å²) in [4.78, 5) is 21.1. The van der Waals surface area contributed by atoms with E-state index in [0.717, 1.165) is 25.7 Å². The summed E-state index contributed by atoms with van der Waals surface area (Å²) in [5, 5.41) is 0. The largest absolute Gasteiger partial charge is 0.469 e. The van der Waals surface area contributed by atoms with Crippen LogP contribution in [-0.4, -0.2) is 26.2 Å². The molecule has 4 heteroatoms. The average Bonchev–Trinajstić information content (AvgIpc) is 2.26. The number of esters is 1. The summed E-state index contributed by atoms with van der Waals surface area (Å²) in [5.41, 5.74) is 0. The molecule has 0 heterocycles. The highest BCUT2D eigenvalue weighted by Crippen LogP contribution is 2.29. The first-order chi connectivity index (χ1) is 6.77. The topological polar surface area (TPSA) is 52.6 Å². The summed E-state index contributed by atoms with van der Waals surface area (Å²) in [6.45, 7) is 0.962. The van der Waals surface area contributed by atoms with E-state index in [2.05, 4.69) is 4.74 Å². The van der Waals surface area contributed by atoms with Crippen molar-refractivity contribution in [3.8, 4) is 0 Å². The van der Waals surface area contributed by atoms with Gasteiger partial charge in [0.2, 0.25) is 0 Å². The molecule has 1 saturated carbocycles. The molecule has 1 rings (SSSR count). The van der Waals surface area contributed by atoms with Crippen molar-refractivity contribution in [3.63, 3.8) is 0 Å². The third-order valence-electron chi connectivity index (χ3n) is 2.78. The lowest BCUT2D eigenvalue weighted by Crippen LogP contribution is -2.24. The molecule has 1 aliphatic carbocycles. The molecule has 0 aromatic carbocycles. The molecule has 80 valence electrons. The molecule has 0 radical (unpaired) electrons. The first-order valence-electron chi connectivity index (χ1n) is 4.91. The summed E-state index contributed by atoms with van der Waals surface area (Å²) < 4.78 is 9.38. The molecule has 0 spiro atoms. The lowest BCUT2D eigenvalue weighted by molar-refractivity contribution is -0.147. The smallest absolute Gasteiger partial charge is 0.308 e. The second-order valence-electron chi connectivity index (χ2n) is 3.67. The molecule has 0 aromatic heterocycles. The SMILES string of the molecule is COC(=O)C1CCC(COC=O)CC1. The highest BCUT2D eigenvalue weighted by Gasteiger charge is 2.26. The van der Waals surface area contributed by atoms with Crippen molar-refractivity contribution in [3.05, 3.63) is 0 Å². The lowest BCUT2D eigenvalue weighted by atomic mass is 9.82. The van der Waals surface area contributed by atoms with Crippen molar-refractivity contribution in [1.82, 2.24) is 0 Å². The van der Waals surface area contributed by atoms with Gasteiger partial charge in [0.1, 0.15) is 0 Å². The standard InChI is InChI=1S/C10H16O4/c1-13-10(12)9-4-2-8(3-5-9)6-14-7-11/h7-9H,2-6H2,1H3. The Balaban J connectivity index is 2.24. The van der Waals surface area contributed by atoms with Gasteiger partial charge in [-0.25, -0.2) is 0 Å². The molecule has 0 aromatic rings. The van der Waals surface area contributed by atoms with Crippen LogP contribution in [0, 0.1) is 11.8 Å². The predicted molar refractivity (Wildman–Crippen MR) is 49.5 cm³/mol. The molecule has 14 heavy (non-hydrogen) atoms. The number of hydrogen-bond acceptors (Lipinski definition) is 4. The summed E-state index contributed by atoms with van der Waals surface area (Å²) >= 11 is 0. The van der Waals surface area contributed by atoms with Gasteiger partial charge in [-0.1, -0.05) is 0 Å². The van der Waals surface area contributed by atoms with Crippen LogP contribution in [-0.2, 0) is 19.1 Å². The fraction of sp³-hybridized carbons (Fsp3) is 0.800. The van der Waals surface area contributed by atoms with Gasteiger partial charge in [0, 0.05) is 0 Å². The van der Waals surface area contributed by atoms with E-state index >= 15 is 0 Å². The number of ether oxygens (including phenoxy) is 2. The maximum atomic E-state index is 11.2. The monoisotopic (exact) mass is 200 g/mol. The molecule has 1 aliphatic rings. The number of carbonyl (C=O) groups is 2. The van der Waals surface area contributed by atoms with E-state index in [-0.39, 0.29) is 11.9 Å². The molecule has 0 amide bonds. The average molecular weight is 200 g/mol. The van der Waals surface area contributed by atoms with E-state index in [1.165, 1.54) is 7.11 Å². The first kappa shape index (κ1) is 11.0. The minimum atomic E-state index is -0.111. The van der Waals surface area contributed by atoms with Crippen LogP contribution >= 0.6 is 0 Å². The van der Waals surface area contributed by atoms with Gasteiger partial charge in [0.15, 0.2) is 0 Å². The molecule has 0 N–H and O–H groups in total. The zero-order valence-electron chi connectivity index (χ0n) is 8.40. The second-order valence-corrected chi connectivity index (χ2v) is 3.67. The molecule has 0 atom stereocenters. The van der Waals surface area contributed by atoms with Crippen LogP contribution in [0.5, 0.6) is 0 Å². The van der Waals surface area contributed by atoms with Gasteiger partial charge in [-0.2, -0.15) is 0 Å². The van der Waals surface area contributed by atoms with Crippen LogP contribution in [0.15, 0.2) is 0 Å². The van der Waals surface area contributed by atoms with Gasteiger partial charge in [0.25, 0.3) is 6.47 Å². The third-order valence-corrected chi connectivity index (χ3v) is 2.78. The minimum Gasteiger partial charge on any atom is -0.469 e. The van der Waals surface area contributed by atoms with E-state index in [4.69, 9.17) is 4.74 Å². The van der Waals surface area contributed by atoms with Crippen LogP contribution < -0.4 is 0 Å². The molecule has 1 fully saturated rings. The van der Waals surface area contributed by atoms with Crippen molar-refractivity contribution in [2.24, 2.45) is 11.8 Å². The van der Waals surface area contributed by atoms with Crippen molar-refractivity contribution in [1.29, 1.82) is 0 Å². The summed E-state index contributed by atoms with van der Waals surface area (Å²) in [6.07, 6.45) is 3.57. The third kappa shape index (κ3) is 3.01. The molecule has 0 unspecified atom stereocenters. The van der Waals surface area contributed by atoms with Gasteiger partial charge in [-0.15, -0.1) is 0 Å². The fourth-order valence-electron chi connectivity index (χ4n) is 1.91. The number of rotatable bonds is 4. The number of carbonyl (C=O) groups excluding carboxylic acids is 2. The maximum Gasteiger partial charge on any atom is 0.308 e. The summed E-state index contributed by atoms with van der Waals surface area (Å²) in [5.74, 6) is 0.355. The van der Waals surface area contributed by atoms with Crippen LogP contribution in [0.3, 0.4) is 0 Å². The molecule has 0 saturated heterocycles. The molecular weight excluding hydrogens is 184 g/mol. The van der Waals surface area contributed by atoms with Crippen LogP contribution in [0.25, 0.3) is 0 Å². The minimum absolute atomic E-state index is 0.0486. The zero-order valence-corrected chi connectivity index (χ0v) is 8.40. The Morgan fingerprint density at radius 2 is 2.00 bits per heavy atom. The van der Waals surface area contributed by atoms with E-state index < -0.39 is 0 Å². The number of hydrogen-bond donors (Lipinski definition) is 0. The normalized spacial score (nSPS) is 26.6. The van der Waals surface area contributed by atoms with Gasteiger partial charge < -0.3 is 9.47 Å². The Hall–Kier alpha value is -1.06. The van der Waals surface area contributed by atoms with Crippen molar-refractivity contribution in [2.45, 2.75) is 25.7 Å². The lowest BCUT2D eigenvalue weighted by Gasteiger charge is -2.25. The Labute approximate surface area is 83.6 Å². The van der Waals surface area contributed by atoms with Gasteiger partial charge in [0.05, 0.1) is 19.6 Å². The molecule has 4 nitrogen and oxygen atoms in total. The maximum absolute atomic E-state index is 11.2. The molecule has 0 aliphatic heterocycles. The zero-order chi connectivity index (χ0) is 10.4. The second kappa shape index (κ2) is 5.62. The highest BCUT2D eigenvalue weighted by molar-refractivity contribution is 5.72. The predicted octanol–water partition coefficient (Wildman–Crippen LogP) is 1.14. The van der Waals surface area contributed by atoms with E-state index in [1.54, 1.807) is 0 Å². The van der Waals surface area contributed by atoms with Gasteiger partial charge in [-0.3, -0.25) is 9.59 Å². The van der Waals surface area contributed by atoms with Crippen molar-refractivity contribution < 1.29 is 19.1 Å².